The van der Waals surface area contributed by atoms with Gasteiger partial charge in [-0.25, -0.2) is 9.59 Å². The average molecular weight is 383 g/mol. The number of esters is 2. The van der Waals surface area contributed by atoms with Crippen molar-refractivity contribution in [3.8, 4) is 0 Å². The molecule has 0 aromatic heterocycles. The van der Waals surface area contributed by atoms with E-state index in [9.17, 15) is 9.59 Å². The van der Waals surface area contributed by atoms with Crippen molar-refractivity contribution in [3.05, 3.63) is 71.3 Å². The Morgan fingerprint density at radius 2 is 1.21 bits per heavy atom. The fourth-order valence-electron chi connectivity index (χ4n) is 2.94. The summed E-state index contributed by atoms with van der Waals surface area (Å²) in [5.74, 6) is -0.995. The lowest BCUT2D eigenvalue weighted by Crippen LogP contribution is -2.14. The first-order valence-electron chi connectivity index (χ1n) is 10.2. The third-order valence-corrected chi connectivity index (χ3v) is 4.56. The molecular weight excluding hydrogens is 352 g/mol. The zero-order valence-electron chi connectivity index (χ0n) is 16.7. The van der Waals surface area contributed by atoms with Gasteiger partial charge in [-0.3, -0.25) is 0 Å². The van der Waals surface area contributed by atoms with E-state index in [1.165, 1.54) is 32.1 Å². The number of carbonyl (C=O) groups is 2. The van der Waals surface area contributed by atoms with Crippen LogP contribution in [-0.2, 0) is 16.1 Å². The van der Waals surface area contributed by atoms with Crippen molar-refractivity contribution in [2.75, 3.05) is 6.61 Å². The summed E-state index contributed by atoms with van der Waals surface area (Å²) in [6, 6.07) is 16.1. The van der Waals surface area contributed by atoms with E-state index in [4.69, 9.17) is 9.47 Å². The van der Waals surface area contributed by atoms with Crippen molar-refractivity contribution in [2.45, 2.75) is 58.5 Å². The Kier molecular flexibility index (Phi) is 9.84. The van der Waals surface area contributed by atoms with E-state index < -0.39 is 11.9 Å². The van der Waals surface area contributed by atoms with Gasteiger partial charge in [-0.1, -0.05) is 87.9 Å². The smallest absolute Gasteiger partial charge is 0.339 e. The number of hydrogen-bond donors (Lipinski definition) is 0. The van der Waals surface area contributed by atoms with Crippen LogP contribution >= 0.6 is 0 Å². The van der Waals surface area contributed by atoms with Crippen LogP contribution in [0.3, 0.4) is 0 Å². The number of unbranched alkanes of at least 4 members (excludes halogenated alkanes) is 6. The largest absolute Gasteiger partial charge is 0.462 e. The second-order valence-corrected chi connectivity index (χ2v) is 6.86. The van der Waals surface area contributed by atoms with Gasteiger partial charge in [0, 0.05) is 0 Å². The molecule has 150 valence electrons. The first-order chi connectivity index (χ1) is 13.7. The van der Waals surface area contributed by atoms with Gasteiger partial charge in [0.15, 0.2) is 0 Å². The normalized spacial score (nSPS) is 10.5. The lowest BCUT2D eigenvalue weighted by atomic mass is 10.1. The second-order valence-electron chi connectivity index (χ2n) is 6.86. The molecule has 2 aromatic carbocycles. The van der Waals surface area contributed by atoms with Crippen LogP contribution in [0, 0.1) is 0 Å². The van der Waals surface area contributed by atoms with Gasteiger partial charge >= 0.3 is 11.9 Å². The molecule has 4 nitrogen and oxygen atoms in total. The minimum atomic E-state index is -0.521. The van der Waals surface area contributed by atoms with Crippen LogP contribution in [0.2, 0.25) is 0 Å². The first kappa shape index (κ1) is 21.7. The average Bonchev–Trinajstić information content (AvgIpc) is 2.74. The van der Waals surface area contributed by atoms with E-state index >= 15 is 0 Å². The Labute approximate surface area is 167 Å². The van der Waals surface area contributed by atoms with Gasteiger partial charge in [0.25, 0.3) is 0 Å². The Morgan fingerprint density at radius 1 is 0.679 bits per heavy atom. The summed E-state index contributed by atoms with van der Waals surface area (Å²) in [5.41, 5.74) is 1.39. The standard InChI is InChI=1S/C24H30O4/c1-2-3-4-5-6-7-13-18-27-23(25)21-16-11-12-17-22(21)24(26)28-19-20-14-9-8-10-15-20/h8-12,14-17H,2-7,13,18-19H2,1H3. The minimum Gasteiger partial charge on any atom is -0.462 e. The van der Waals surface area contributed by atoms with Crippen LogP contribution in [0.5, 0.6) is 0 Å². The summed E-state index contributed by atoms with van der Waals surface area (Å²) in [4.78, 5) is 24.8. The molecule has 0 amide bonds. The highest BCUT2D eigenvalue weighted by Gasteiger charge is 2.19. The molecule has 0 N–H and O–H groups in total. The molecular formula is C24H30O4. The van der Waals surface area contributed by atoms with Crippen molar-refractivity contribution in [2.24, 2.45) is 0 Å². The molecule has 2 rings (SSSR count). The molecule has 0 aliphatic carbocycles. The molecule has 0 aliphatic heterocycles. The first-order valence-corrected chi connectivity index (χ1v) is 10.2. The summed E-state index contributed by atoms with van der Waals surface area (Å²) in [7, 11) is 0. The van der Waals surface area contributed by atoms with Crippen LogP contribution in [0.1, 0.15) is 78.1 Å². The summed E-state index contributed by atoms with van der Waals surface area (Å²) < 4.78 is 10.7. The lowest BCUT2D eigenvalue weighted by molar-refractivity contribution is 0.0436. The van der Waals surface area contributed by atoms with Crippen molar-refractivity contribution >= 4 is 11.9 Å². The molecule has 0 saturated heterocycles. The van der Waals surface area contributed by atoms with E-state index in [0.717, 1.165) is 18.4 Å². The highest BCUT2D eigenvalue weighted by atomic mass is 16.5. The summed E-state index contributed by atoms with van der Waals surface area (Å²) in [5, 5.41) is 0. The van der Waals surface area contributed by atoms with Gasteiger partial charge in [0.2, 0.25) is 0 Å². The summed E-state index contributed by atoms with van der Waals surface area (Å²) >= 11 is 0. The maximum absolute atomic E-state index is 12.4. The topological polar surface area (TPSA) is 52.6 Å². The molecule has 2 aromatic rings. The van der Waals surface area contributed by atoms with Crippen molar-refractivity contribution < 1.29 is 19.1 Å². The summed E-state index contributed by atoms with van der Waals surface area (Å²) in [6.45, 7) is 2.75. The van der Waals surface area contributed by atoms with E-state index in [2.05, 4.69) is 6.92 Å². The quantitative estimate of drug-likeness (QED) is 0.336. The van der Waals surface area contributed by atoms with Gasteiger partial charge in [0.05, 0.1) is 17.7 Å². The van der Waals surface area contributed by atoms with E-state index in [1.807, 2.05) is 30.3 Å². The SMILES string of the molecule is CCCCCCCCCOC(=O)c1ccccc1C(=O)OCc1ccccc1. The number of carbonyl (C=O) groups excluding carboxylic acids is 2. The Bertz CT molecular complexity index is 724. The third kappa shape index (κ3) is 7.55. The molecule has 0 spiro atoms. The third-order valence-electron chi connectivity index (χ3n) is 4.56. The second kappa shape index (κ2) is 12.7. The minimum absolute atomic E-state index is 0.168. The van der Waals surface area contributed by atoms with E-state index in [1.54, 1.807) is 24.3 Å². The van der Waals surface area contributed by atoms with Gasteiger partial charge in [-0.2, -0.15) is 0 Å². The molecule has 4 heteroatoms. The van der Waals surface area contributed by atoms with Crippen LogP contribution in [0.15, 0.2) is 54.6 Å². The van der Waals surface area contributed by atoms with Gasteiger partial charge < -0.3 is 9.47 Å². The van der Waals surface area contributed by atoms with Crippen molar-refractivity contribution in [1.82, 2.24) is 0 Å². The number of ether oxygens (including phenoxy) is 2. The molecule has 0 fully saturated rings. The predicted octanol–water partition coefficient (Wildman–Crippen LogP) is 5.95. The molecule has 0 bridgehead atoms. The van der Waals surface area contributed by atoms with Crippen LogP contribution < -0.4 is 0 Å². The Balaban J connectivity index is 1.79. The highest BCUT2D eigenvalue weighted by molar-refractivity contribution is 6.03. The fourth-order valence-corrected chi connectivity index (χ4v) is 2.94. The van der Waals surface area contributed by atoms with Gasteiger partial charge in [0.1, 0.15) is 6.61 Å². The van der Waals surface area contributed by atoms with Crippen molar-refractivity contribution in [3.63, 3.8) is 0 Å². The Hall–Kier alpha value is -2.62. The zero-order chi connectivity index (χ0) is 20.0. The fraction of sp³-hybridized carbons (Fsp3) is 0.417. The van der Waals surface area contributed by atoms with Gasteiger partial charge in [-0.05, 0) is 24.1 Å². The molecule has 0 saturated carbocycles. The number of benzene rings is 2. The van der Waals surface area contributed by atoms with Crippen LogP contribution in [0.25, 0.3) is 0 Å². The highest BCUT2D eigenvalue weighted by Crippen LogP contribution is 2.14. The van der Waals surface area contributed by atoms with Crippen LogP contribution in [-0.4, -0.2) is 18.5 Å². The number of hydrogen-bond acceptors (Lipinski definition) is 4. The molecule has 28 heavy (non-hydrogen) atoms. The molecule has 0 radical (unpaired) electrons. The molecule has 0 atom stereocenters. The zero-order valence-corrected chi connectivity index (χ0v) is 16.7. The van der Waals surface area contributed by atoms with E-state index in [0.29, 0.717) is 6.61 Å². The van der Waals surface area contributed by atoms with Gasteiger partial charge in [-0.15, -0.1) is 0 Å². The molecule has 0 aliphatic rings. The molecule has 0 heterocycles. The monoisotopic (exact) mass is 382 g/mol. The van der Waals surface area contributed by atoms with E-state index in [-0.39, 0.29) is 17.7 Å². The lowest BCUT2D eigenvalue weighted by Gasteiger charge is -2.10. The Morgan fingerprint density at radius 3 is 1.86 bits per heavy atom. The van der Waals surface area contributed by atoms with Crippen molar-refractivity contribution in [1.29, 1.82) is 0 Å². The maximum atomic E-state index is 12.4. The number of rotatable bonds is 12. The van der Waals surface area contributed by atoms with Crippen LogP contribution in [0.4, 0.5) is 0 Å². The predicted molar refractivity (Wildman–Crippen MR) is 110 cm³/mol. The maximum Gasteiger partial charge on any atom is 0.339 e. The summed E-state index contributed by atoms with van der Waals surface area (Å²) in [6.07, 6.45) is 8.10. The molecule has 0 unspecified atom stereocenters.